The summed E-state index contributed by atoms with van der Waals surface area (Å²) in [6.45, 7) is 7.13. The maximum absolute atomic E-state index is 5.95. The fourth-order valence-corrected chi connectivity index (χ4v) is 2.70. The van der Waals surface area contributed by atoms with Gasteiger partial charge in [0.15, 0.2) is 0 Å². The van der Waals surface area contributed by atoms with Crippen LogP contribution in [0.5, 0.6) is 5.75 Å². The number of hydrogen-bond donors (Lipinski definition) is 1. The van der Waals surface area contributed by atoms with Crippen molar-refractivity contribution in [2.45, 2.75) is 52.5 Å². The summed E-state index contributed by atoms with van der Waals surface area (Å²) < 4.78 is 5.95. The topological polar surface area (TPSA) is 34.1 Å². The first kappa shape index (κ1) is 15.3. The first-order valence-electron chi connectivity index (χ1n) is 8.02. The lowest BCUT2D eigenvalue weighted by molar-refractivity contribution is 0.208. The summed E-state index contributed by atoms with van der Waals surface area (Å²) in [5, 5.41) is 3.42. The largest absolute Gasteiger partial charge is 0.493 e. The molecular weight excluding hydrogens is 248 g/mol. The predicted octanol–water partition coefficient (Wildman–Crippen LogP) is 3.79. The fraction of sp³-hybridized carbons (Fsp3) is 0.706. The summed E-state index contributed by atoms with van der Waals surface area (Å²) in [7, 11) is 0. The Morgan fingerprint density at radius 3 is 2.85 bits per heavy atom. The average Bonchev–Trinajstić information content (AvgIpc) is 2.46. The Morgan fingerprint density at radius 1 is 1.30 bits per heavy atom. The van der Waals surface area contributed by atoms with Gasteiger partial charge in [-0.3, -0.25) is 4.98 Å². The van der Waals surface area contributed by atoms with Crippen molar-refractivity contribution in [2.75, 3.05) is 13.2 Å². The van der Waals surface area contributed by atoms with E-state index in [9.17, 15) is 0 Å². The van der Waals surface area contributed by atoms with Gasteiger partial charge in [-0.1, -0.05) is 33.1 Å². The predicted molar refractivity (Wildman–Crippen MR) is 82.9 cm³/mol. The van der Waals surface area contributed by atoms with Crippen LogP contribution in [-0.4, -0.2) is 18.1 Å². The lowest BCUT2D eigenvalue weighted by Crippen LogP contribution is -2.19. The van der Waals surface area contributed by atoms with Crippen molar-refractivity contribution in [3.05, 3.63) is 24.0 Å². The minimum Gasteiger partial charge on any atom is -0.493 e. The van der Waals surface area contributed by atoms with Crippen LogP contribution in [0.2, 0.25) is 0 Å². The lowest BCUT2D eigenvalue weighted by atomic mass is 9.90. The normalized spacial score (nSPS) is 16.6. The van der Waals surface area contributed by atoms with E-state index in [2.05, 4.69) is 30.2 Å². The van der Waals surface area contributed by atoms with Gasteiger partial charge in [-0.05, 0) is 37.3 Å². The van der Waals surface area contributed by atoms with Gasteiger partial charge in [0.2, 0.25) is 0 Å². The molecule has 0 unspecified atom stereocenters. The van der Waals surface area contributed by atoms with Gasteiger partial charge in [0.05, 0.1) is 12.3 Å². The average molecular weight is 276 g/mol. The monoisotopic (exact) mass is 276 g/mol. The van der Waals surface area contributed by atoms with E-state index < -0.39 is 0 Å². The van der Waals surface area contributed by atoms with Crippen LogP contribution in [0.25, 0.3) is 0 Å². The van der Waals surface area contributed by atoms with Gasteiger partial charge in [0.25, 0.3) is 0 Å². The zero-order valence-corrected chi connectivity index (χ0v) is 12.9. The summed E-state index contributed by atoms with van der Waals surface area (Å²) >= 11 is 0. The van der Waals surface area contributed by atoms with Crippen LogP contribution in [-0.2, 0) is 6.54 Å². The zero-order valence-electron chi connectivity index (χ0n) is 12.9. The molecule has 1 aromatic rings. The van der Waals surface area contributed by atoms with Crippen LogP contribution < -0.4 is 10.1 Å². The maximum atomic E-state index is 5.95. The van der Waals surface area contributed by atoms with Gasteiger partial charge in [-0.25, -0.2) is 0 Å². The molecule has 1 aliphatic carbocycles. The Balaban J connectivity index is 1.76. The van der Waals surface area contributed by atoms with Crippen LogP contribution in [0.3, 0.4) is 0 Å². The van der Waals surface area contributed by atoms with Crippen LogP contribution in [0.4, 0.5) is 0 Å². The minimum atomic E-state index is 0.667. The third-order valence-electron chi connectivity index (χ3n) is 3.86. The van der Waals surface area contributed by atoms with Crippen LogP contribution >= 0.6 is 0 Å². The summed E-state index contributed by atoms with van der Waals surface area (Å²) in [6.07, 6.45) is 8.64. The van der Waals surface area contributed by atoms with Gasteiger partial charge >= 0.3 is 0 Å². The second-order valence-corrected chi connectivity index (χ2v) is 6.32. The Hall–Kier alpha value is -1.09. The number of pyridine rings is 1. The van der Waals surface area contributed by atoms with E-state index in [-0.39, 0.29) is 0 Å². The summed E-state index contributed by atoms with van der Waals surface area (Å²) in [5.41, 5.74) is 1.06. The van der Waals surface area contributed by atoms with Crippen molar-refractivity contribution in [1.82, 2.24) is 10.3 Å². The number of rotatable bonds is 7. The molecule has 0 spiro atoms. The molecule has 1 heterocycles. The Labute approximate surface area is 123 Å². The quantitative estimate of drug-likeness (QED) is 0.823. The lowest BCUT2D eigenvalue weighted by Gasteiger charge is -2.21. The zero-order chi connectivity index (χ0) is 14.2. The SMILES string of the molecule is CC(C)CNCc1cc(OCC2CCCCC2)ccn1. The van der Waals surface area contributed by atoms with Crippen molar-refractivity contribution in [1.29, 1.82) is 0 Å². The molecule has 0 aromatic carbocycles. The van der Waals surface area contributed by atoms with E-state index >= 15 is 0 Å². The van der Waals surface area contributed by atoms with Crippen molar-refractivity contribution >= 4 is 0 Å². The molecule has 3 heteroatoms. The highest BCUT2D eigenvalue weighted by molar-refractivity contribution is 5.22. The van der Waals surface area contributed by atoms with Crippen LogP contribution in [0.15, 0.2) is 18.3 Å². The van der Waals surface area contributed by atoms with Crippen LogP contribution in [0.1, 0.15) is 51.6 Å². The molecule has 2 rings (SSSR count). The van der Waals surface area contributed by atoms with Gasteiger partial charge in [-0.2, -0.15) is 0 Å². The molecular formula is C17H28N2O. The standard InChI is InChI=1S/C17H28N2O/c1-14(2)11-18-12-16-10-17(8-9-19-16)20-13-15-6-4-3-5-7-15/h8-10,14-15,18H,3-7,11-13H2,1-2H3. The van der Waals surface area contributed by atoms with Crippen molar-refractivity contribution in [3.63, 3.8) is 0 Å². The smallest absolute Gasteiger partial charge is 0.122 e. The van der Waals surface area contributed by atoms with Gasteiger partial charge in [-0.15, -0.1) is 0 Å². The van der Waals surface area contributed by atoms with E-state index in [4.69, 9.17) is 4.74 Å². The number of nitrogens with zero attached hydrogens (tertiary/aromatic N) is 1. The molecule has 0 radical (unpaired) electrons. The third-order valence-corrected chi connectivity index (χ3v) is 3.86. The van der Waals surface area contributed by atoms with Gasteiger partial charge in [0.1, 0.15) is 5.75 Å². The molecule has 0 aliphatic heterocycles. The van der Waals surface area contributed by atoms with Gasteiger partial charge < -0.3 is 10.1 Å². The van der Waals surface area contributed by atoms with E-state index in [0.717, 1.165) is 37.1 Å². The highest BCUT2D eigenvalue weighted by Gasteiger charge is 2.14. The number of ether oxygens (including phenoxy) is 1. The van der Waals surface area contributed by atoms with E-state index in [0.29, 0.717) is 5.92 Å². The summed E-state index contributed by atoms with van der Waals surface area (Å²) in [4.78, 5) is 4.39. The second kappa shape index (κ2) is 8.25. The minimum absolute atomic E-state index is 0.667. The highest BCUT2D eigenvalue weighted by atomic mass is 16.5. The maximum Gasteiger partial charge on any atom is 0.122 e. The summed E-state index contributed by atoms with van der Waals surface area (Å²) in [5.74, 6) is 2.38. The second-order valence-electron chi connectivity index (χ2n) is 6.32. The third kappa shape index (κ3) is 5.49. The fourth-order valence-electron chi connectivity index (χ4n) is 2.70. The summed E-state index contributed by atoms with van der Waals surface area (Å²) in [6, 6.07) is 4.03. The first-order valence-corrected chi connectivity index (χ1v) is 8.02. The van der Waals surface area contributed by atoms with Crippen LogP contribution in [0, 0.1) is 11.8 Å². The number of hydrogen-bond acceptors (Lipinski definition) is 3. The molecule has 0 atom stereocenters. The molecule has 0 bridgehead atoms. The molecule has 1 aliphatic rings. The molecule has 1 N–H and O–H groups in total. The molecule has 20 heavy (non-hydrogen) atoms. The molecule has 1 aromatic heterocycles. The molecule has 1 saturated carbocycles. The van der Waals surface area contributed by atoms with Crippen molar-refractivity contribution in [3.8, 4) is 5.75 Å². The molecule has 112 valence electrons. The Bertz CT molecular complexity index is 386. The molecule has 0 saturated heterocycles. The first-order chi connectivity index (χ1) is 9.74. The van der Waals surface area contributed by atoms with Crippen molar-refractivity contribution < 1.29 is 4.74 Å². The molecule has 3 nitrogen and oxygen atoms in total. The van der Waals surface area contributed by atoms with E-state index in [1.807, 2.05) is 12.3 Å². The van der Waals surface area contributed by atoms with Crippen molar-refractivity contribution in [2.24, 2.45) is 11.8 Å². The van der Waals surface area contributed by atoms with E-state index in [1.165, 1.54) is 32.1 Å². The Kier molecular flexibility index (Phi) is 6.31. The Morgan fingerprint density at radius 2 is 2.10 bits per heavy atom. The number of aromatic nitrogens is 1. The van der Waals surface area contributed by atoms with E-state index in [1.54, 1.807) is 0 Å². The number of nitrogens with one attached hydrogen (secondary N) is 1. The molecule has 1 fully saturated rings. The van der Waals surface area contributed by atoms with Gasteiger partial charge in [0, 0.05) is 18.8 Å². The highest BCUT2D eigenvalue weighted by Crippen LogP contribution is 2.24. The molecule has 0 amide bonds.